The van der Waals surface area contributed by atoms with E-state index < -0.39 is 17.8 Å². The lowest BCUT2D eigenvalue weighted by molar-refractivity contribution is -0.129. The molecule has 0 bridgehead atoms. The summed E-state index contributed by atoms with van der Waals surface area (Å²) < 4.78 is 28.3. The molecular weight excluding hydrogens is 317 g/mol. The minimum absolute atomic E-state index is 0.00206. The highest BCUT2D eigenvalue weighted by Crippen LogP contribution is 2.22. The summed E-state index contributed by atoms with van der Waals surface area (Å²) in [6.45, 7) is 1.60. The Morgan fingerprint density at radius 3 is 2.83 bits per heavy atom. The molecule has 0 saturated heterocycles. The lowest BCUT2D eigenvalue weighted by Gasteiger charge is -1.98. The quantitative estimate of drug-likeness (QED) is 0.639. The van der Waals surface area contributed by atoms with E-state index in [1.165, 1.54) is 37.5 Å². The van der Waals surface area contributed by atoms with E-state index in [1.54, 1.807) is 13.0 Å². The van der Waals surface area contributed by atoms with Crippen molar-refractivity contribution in [2.24, 2.45) is 4.99 Å². The third-order valence-electron chi connectivity index (χ3n) is 3.31. The van der Waals surface area contributed by atoms with Gasteiger partial charge in [-0.3, -0.25) is 0 Å². The van der Waals surface area contributed by atoms with Crippen molar-refractivity contribution >= 4 is 23.9 Å². The molecule has 0 amide bonds. The van der Waals surface area contributed by atoms with Crippen molar-refractivity contribution in [2.75, 3.05) is 7.11 Å². The van der Waals surface area contributed by atoms with Crippen LogP contribution in [0.25, 0.3) is 6.08 Å². The van der Waals surface area contributed by atoms with Gasteiger partial charge in [0.05, 0.1) is 7.11 Å². The number of hydrogen-bond donors (Lipinski definition) is 0. The summed E-state index contributed by atoms with van der Waals surface area (Å²) >= 11 is 0. The van der Waals surface area contributed by atoms with E-state index in [2.05, 4.69) is 9.73 Å². The third-order valence-corrected chi connectivity index (χ3v) is 3.31. The molecule has 6 nitrogen and oxygen atoms in total. The Labute approximate surface area is 136 Å². The van der Waals surface area contributed by atoms with E-state index in [0.29, 0.717) is 11.3 Å². The van der Waals surface area contributed by atoms with Crippen LogP contribution in [0.4, 0.5) is 4.39 Å². The second-order valence-corrected chi connectivity index (χ2v) is 4.96. The standard InChI is InChI=1S/C17H12FNO5/c1-9-13(16(20)22-2)7-12(23-9)8-14-17(21)24-15(19-14)10-4-3-5-11(18)6-10/h3-8H,1-2H3/b14-8+. The fourth-order valence-corrected chi connectivity index (χ4v) is 2.18. The second-order valence-electron chi connectivity index (χ2n) is 4.96. The molecule has 24 heavy (non-hydrogen) atoms. The van der Waals surface area contributed by atoms with Gasteiger partial charge in [-0.2, -0.15) is 0 Å². The normalized spacial score (nSPS) is 15.4. The first-order chi connectivity index (χ1) is 11.5. The molecule has 0 unspecified atom stereocenters. The van der Waals surface area contributed by atoms with Gasteiger partial charge in [0.25, 0.3) is 0 Å². The van der Waals surface area contributed by atoms with Crippen molar-refractivity contribution in [3.05, 3.63) is 64.5 Å². The molecule has 3 rings (SSSR count). The summed E-state index contributed by atoms with van der Waals surface area (Å²) in [5, 5.41) is 0. The molecule has 7 heteroatoms. The predicted molar refractivity (Wildman–Crippen MR) is 81.8 cm³/mol. The van der Waals surface area contributed by atoms with Crippen molar-refractivity contribution in [1.82, 2.24) is 0 Å². The summed E-state index contributed by atoms with van der Waals surface area (Å²) in [4.78, 5) is 27.5. The number of carbonyl (C=O) groups excluding carboxylic acids is 2. The van der Waals surface area contributed by atoms with Gasteiger partial charge >= 0.3 is 11.9 Å². The van der Waals surface area contributed by atoms with Gasteiger partial charge in [-0.15, -0.1) is 0 Å². The van der Waals surface area contributed by atoms with Crippen LogP contribution in [0.2, 0.25) is 0 Å². The predicted octanol–water partition coefficient (Wildman–Crippen LogP) is 2.86. The van der Waals surface area contributed by atoms with Gasteiger partial charge in [-0.05, 0) is 31.2 Å². The van der Waals surface area contributed by atoms with Crippen LogP contribution in [0, 0.1) is 12.7 Å². The molecule has 1 aromatic carbocycles. The number of furan rings is 1. The molecule has 2 aromatic rings. The minimum atomic E-state index is -0.692. The Balaban J connectivity index is 1.93. The molecule has 0 atom stereocenters. The number of halogens is 1. The number of ether oxygens (including phenoxy) is 2. The maximum atomic E-state index is 13.2. The van der Waals surface area contributed by atoms with Crippen LogP contribution in [0.1, 0.15) is 27.4 Å². The van der Waals surface area contributed by atoms with Crippen LogP contribution in [0.15, 0.2) is 45.4 Å². The van der Waals surface area contributed by atoms with Crippen LogP contribution in [0.3, 0.4) is 0 Å². The molecular formula is C17H12FNO5. The molecule has 0 N–H and O–H groups in total. The average molecular weight is 329 g/mol. The van der Waals surface area contributed by atoms with Gasteiger partial charge in [0, 0.05) is 11.6 Å². The van der Waals surface area contributed by atoms with Gasteiger partial charge in [-0.25, -0.2) is 19.0 Å². The summed E-state index contributed by atoms with van der Waals surface area (Å²) in [7, 11) is 1.26. The first kappa shape index (κ1) is 15.7. The van der Waals surface area contributed by atoms with Crippen molar-refractivity contribution < 1.29 is 27.9 Å². The molecule has 0 aliphatic carbocycles. The number of rotatable bonds is 3. The number of aliphatic imine (C=N–C) groups is 1. The molecule has 0 radical (unpaired) electrons. The molecule has 2 heterocycles. The Kier molecular flexibility index (Phi) is 3.99. The van der Waals surface area contributed by atoms with Gasteiger partial charge in [0.15, 0.2) is 5.70 Å². The largest absolute Gasteiger partial charge is 0.465 e. The maximum absolute atomic E-state index is 13.2. The van der Waals surface area contributed by atoms with E-state index in [4.69, 9.17) is 9.15 Å². The lowest BCUT2D eigenvalue weighted by atomic mass is 10.2. The van der Waals surface area contributed by atoms with Crippen LogP contribution in [0.5, 0.6) is 0 Å². The Bertz CT molecular complexity index is 894. The number of aryl methyl sites for hydroxylation is 1. The number of cyclic esters (lactones) is 1. The van der Waals surface area contributed by atoms with Crippen molar-refractivity contribution in [2.45, 2.75) is 6.92 Å². The van der Waals surface area contributed by atoms with Crippen LogP contribution < -0.4 is 0 Å². The zero-order valence-electron chi connectivity index (χ0n) is 12.8. The van der Waals surface area contributed by atoms with Gasteiger partial charge in [0.2, 0.25) is 5.90 Å². The summed E-state index contributed by atoms with van der Waals surface area (Å²) in [5.74, 6) is -1.09. The number of methoxy groups -OCH3 is 1. The SMILES string of the molecule is COC(=O)c1cc(/C=C2/N=C(c3cccc(F)c3)OC2=O)oc1C. The maximum Gasteiger partial charge on any atom is 0.363 e. The average Bonchev–Trinajstić information content (AvgIpc) is 3.10. The van der Waals surface area contributed by atoms with Crippen molar-refractivity contribution in [3.63, 3.8) is 0 Å². The second kappa shape index (κ2) is 6.11. The topological polar surface area (TPSA) is 78.1 Å². The van der Waals surface area contributed by atoms with Crippen LogP contribution in [-0.4, -0.2) is 24.9 Å². The lowest BCUT2D eigenvalue weighted by Crippen LogP contribution is -2.05. The molecule has 1 aromatic heterocycles. The number of esters is 2. The van der Waals surface area contributed by atoms with E-state index in [1.807, 2.05) is 0 Å². The molecule has 0 fully saturated rings. The third kappa shape index (κ3) is 2.96. The molecule has 0 saturated carbocycles. The van der Waals surface area contributed by atoms with Crippen molar-refractivity contribution in [3.8, 4) is 0 Å². The zero-order valence-corrected chi connectivity index (χ0v) is 12.8. The Morgan fingerprint density at radius 1 is 1.33 bits per heavy atom. The first-order valence-electron chi connectivity index (χ1n) is 6.95. The summed E-state index contributed by atoms with van der Waals surface area (Å²) in [6.07, 6.45) is 1.34. The zero-order chi connectivity index (χ0) is 17.3. The smallest absolute Gasteiger partial charge is 0.363 e. The number of nitrogens with zero attached hydrogens (tertiary/aromatic N) is 1. The van der Waals surface area contributed by atoms with Crippen LogP contribution >= 0.6 is 0 Å². The number of hydrogen-bond acceptors (Lipinski definition) is 6. The Hall–Kier alpha value is -3.22. The van der Waals surface area contributed by atoms with E-state index >= 15 is 0 Å². The monoisotopic (exact) mass is 329 g/mol. The molecule has 0 spiro atoms. The van der Waals surface area contributed by atoms with Gasteiger partial charge < -0.3 is 13.9 Å². The Morgan fingerprint density at radius 2 is 2.12 bits per heavy atom. The fourth-order valence-electron chi connectivity index (χ4n) is 2.18. The highest BCUT2D eigenvalue weighted by molar-refractivity contribution is 6.12. The van der Waals surface area contributed by atoms with Gasteiger partial charge in [0.1, 0.15) is 22.9 Å². The molecule has 122 valence electrons. The molecule has 1 aliphatic heterocycles. The van der Waals surface area contributed by atoms with E-state index in [9.17, 15) is 14.0 Å². The highest BCUT2D eigenvalue weighted by atomic mass is 19.1. The summed E-state index contributed by atoms with van der Waals surface area (Å²) in [6, 6.07) is 6.99. The van der Waals surface area contributed by atoms with Crippen molar-refractivity contribution in [1.29, 1.82) is 0 Å². The number of benzene rings is 1. The van der Waals surface area contributed by atoms with Crippen LogP contribution in [-0.2, 0) is 14.3 Å². The summed E-state index contributed by atoms with van der Waals surface area (Å²) in [5.41, 5.74) is 0.585. The fraction of sp³-hybridized carbons (Fsp3) is 0.118. The van der Waals surface area contributed by atoms with E-state index in [-0.39, 0.29) is 22.9 Å². The van der Waals surface area contributed by atoms with Gasteiger partial charge in [-0.1, -0.05) is 6.07 Å². The number of carbonyl (C=O) groups is 2. The first-order valence-corrected chi connectivity index (χ1v) is 6.95. The minimum Gasteiger partial charge on any atom is -0.465 e. The molecule has 1 aliphatic rings. The van der Waals surface area contributed by atoms with E-state index in [0.717, 1.165) is 0 Å². The highest BCUT2D eigenvalue weighted by Gasteiger charge is 2.25.